The number of piperidine rings is 1. The number of nitrogens with zero attached hydrogens (tertiary/aromatic N) is 4. The molecule has 2 aromatic heterocycles. The Morgan fingerprint density at radius 3 is 2.47 bits per heavy atom. The van der Waals surface area contributed by atoms with E-state index in [0.717, 1.165) is 31.5 Å². The topological polar surface area (TPSA) is 117 Å². The van der Waals surface area contributed by atoms with E-state index >= 15 is 0 Å². The molecule has 3 heterocycles. The highest BCUT2D eigenvalue weighted by atomic mass is 32.2. The number of pyridine rings is 1. The number of aromatic nitrogens is 2. The maximum absolute atomic E-state index is 13.2. The van der Waals surface area contributed by atoms with E-state index in [1.165, 1.54) is 16.4 Å². The molecule has 1 fully saturated rings. The van der Waals surface area contributed by atoms with Crippen LogP contribution in [0.15, 0.2) is 47.6 Å². The number of nitriles is 1. The van der Waals surface area contributed by atoms with Crippen LogP contribution < -0.4 is 11.2 Å². The molecule has 0 atom stereocenters. The Hall–Kier alpha value is -3.09. The van der Waals surface area contributed by atoms with Crippen LogP contribution in [0.5, 0.6) is 0 Å². The normalized spacial score (nSPS) is 16.2. The maximum atomic E-state index is 13.2. The van der Waals surface area contributed by atoms with Crippen LogP contribution in [0.3, 0.4) is 0 Å². The Labute approximate surface area is 188 Å². The lowest BCUT2D eigenvalue weighted by molar-refractivity contribution is 0.151. The van der Waals surface area contributed by atoms with Crippen LogP contribution in [-0.4, -0.2) is 35.5 Å². The first-order chi connectivity index (χ1) is 15.1. The number of nitrogens with two attached hydrogens (primary N) is 1. The Morgan fingerprint density at radius 2 is 1.84 bits per heavy atom. The largest absolute Gasteiger partial charge is 0.396 e. The van der Waals surface area contributed by atoms with E-state index in [4.69, 9.17) is 5.73 Å². The summed E-state index contributed by atoms with van der Waals surface area (Å²) < 4.78 is 27.6. The smallest absolute Gasteiger partial charge is 0.269 e. The van der Waals surface area contributed by atoms with Crippen LogP contribution in [0.1, 0.15) is 32.3 Å². The minimum atomic E-state index is -3.79. The minimum Gasteiger partial charge on any atom is -0.396 e. The van der Waals surface area contributed by atoms with Crippen molar-refractivity contribution in [3.8, 4) is 6.07 Å². The van der Waals surface area contributed by atoms with Gasteiger partial charge in [-0.15, -0.1) is 0 Å². The van der Waals surface area contributed by atoms with Crippen LogP contribution in [0.4, 0.5) is 11.4 Å². The predicted octanol–water partition coefficient (Wildman–Crippen LogP) is 3.75. The third-order valence-corrected chi connectivity index (χ3v) is 8.04. The van der Waals surface area contributed by atoms with E-state index < -0.39 is 10.0 Å². The van der Waals surface area contributed by atoms with Crippen molar-refractivity contribution >= 4 is 32.4 Å². The molecule has 0 spiro atoms. The molecule has 8 nitrogen and oxygen atoms in total. The molecule has 0 unspecified atom stereocenters. The van der Waals surface area contributed by atoms with Crippen molar-refractivity contribution in [2.24, 2.45) is 11.3 Å². The summed E-state index contributed by atoms with van der Waals surface area (Å²) in [4.78, 5) is 4.53. The number of nitrogens with one attached hydrogen (secondary N) is 1. The minimum absolute atomic E-state index is 0.205. The Balaban J connectivity index is 1.62. The summed E-state index contributed by atoms with van der Waals surface area (Å²) in [5.41, 5.74) is 11.6. The van der Waals surface area contributed by atoms with Crippen molar-refractivity contribution in [1.82, 2.24) is 14.0 Å². The number of benzene rings is 1. The Kier molecular flexibility index (Phi) is 5.61. The number of aryl methyl sites for hydroxylation is 1. The van der Waals surface area contributed by atoms with Gasteiger partial charge in [-0.3, -0.25) is 0 Å². The molecule has 0 bridgehead atoms. The predicted molar refractivity (Wildman–Crippen MR) is 125 cm³/mol. The van der Waals surface area contributed by atoms with Gasteiger partial charge in [-0.2, -0.15) is 5.26 Å². The van der Waals surface area contributed by atoms with Gasteiger partial charge in [0, 0.05) is 24.7 Å². The van der Waals surface area contributed by atoms with Gasteiger partial charge in [0.2, 0.25) is 0 Å². The summed E-state index contributed by atoms with van der Waals surface area (Å²) in [6.45, 7) is 7.42. The lowest BCUT2D eigenvalue weighted by Gasteiger charge is -2.37. The van der Waals surface area contributed by atoms with E-state index in [9.17, 15) is 13.7 Å². The fourth-order valence-corrected chi connectivity index (χ4v) is 5.48. The quantitative estimate of drug-likeness (QED) is 0.605. The zero-order chi connectivity index (χ0) is 23.1. The number of hydrogen-bond donors (Lipinski definition) is 2. The van der Waals surface area contributed by atoms with Gasteiger partial charge in [0.25, 0.3) is 10.0 Å². The molecule has 1 saturated heterocycles. The van der Waals surface area contributed by atoms with Gasteiger partial charge in [-0.25, -0.2) is 22.4 Å². The zero-order valence-corrected chi connectivity index (χ0v) is 19.4. The average molecular weight is 453 g/mol. The Morgan fingerprint density at radius 1 is 1.19 bits per heavy atom. The zero-order valence-electron chi connectivity index (χ0n) is 18.5. The molecule has 1 aliphatic heterocycles. The van der Waals surface area contributed by atoms with Gasteiger partial charge in [-0.05, 0) is 57.7 Å². The average Bonchev–Trinajstić information content (AvgIpc) is 3.22. The number of hydrogen-bond acceptors (Lipinski definition) is 7. The molecule has 0 aliphatic carbocycles. The van der Waals surface area contributed by atoms with E-state index in [-0.39, 0.29) is 10.3 Å². The third-order valence-electron chi connectivity index (χ3n) is 6.36. The van der Waals surface area contributed by atoms with Crippen molar-refractivity contribution in [3.63, 3.8) is 0 Å². The standard InChI is InChI=1S/C23H28N6O2S/c1-16-4-6-18(7-5-16)32(30,31)29-13-10-19-21(20(25)14-26-22(19)29)27-28-11-8-17(9-12-28)23(2,3)15-24/h4-7,10,13-14,17H,8-9,11-12,25H2,1-3H3,(H,26,27). The highest BCUT2D eigenvalue weighted by molar-refractivity contribution is 7.90. The number of hydrazine groups is 1. The molecule has 0 radical (unpaired) electrons. The van der Waals surface area contributed by atoms with Crippen LogP contribution in [0.25, 0.3) is 11.0 Å². The third kappa shape index (κ3) is 3.92. The molecular weight excluding hydrogens is 424 g/mol. The summed E-state index contributed by atoms with van der Waals surface area (Å²) in [6, 6.07) is 10.9. The second-order valence-corrected chi connectivity index (χ2v) is 10.8. The monoisotopic (exact) mass is 452 g/mol. The first-order valence-electron chi connectivity index (χ1n) is 10.6. The van der Waals surface area contributed by atoms with Crippen LogP contribution in [0.2, 0.25) is 0 Å². The fourth-order valence-electron chi connectivity index (χ4n) is 4.18. The van der Waals surface area contributed by atoms with Gasteiger partial charge >= 0.3 is 0 Å². The summed E-state index contributed by atoms with van der Waals surface area (Å²) in [5.74, 6) is 0.334. The summed E-state index contributed by atoms with van der Waals surface area (Å²) in [7, 11) is -3.79. The van der Waals surface area contributed by atoms with Crippen molar-refractivity contribution in [3.05, 3.63) is 48.3 Å². The van der Waals surface area contributed by atoms with Gasteiger partial charge in [-0.1, -0.05) is 17.7 Å². The van der Waals surface area contributed by atoms with Crippen molar-refractivity contribution < 1.29 is 8.42 Å². The molecule has 1 aromatic carbocycles. The summed E-state index contributed by atoms with van der Waals surface area (Å²) >= 11 is 0. The molecule has 0 amide bonds. The van der Waals surface area contributed by atoms with E-state index in [1.807, 2.05) is 20.8 Å². The molecule has 0 saturated carbocycles. The summed E-state index contributed by atoms with van der Waals surface area (Å²) in [6.07, 6.45) is 4.78. The van der Waals surface area contributed by atoms with E-state index in [0.29, 0.717) is 28.3 Å². The fraction of sp³-hybridized carbons (Fsp3) is 0.391. The van der Waals surface area contributed by atoms with Crippen LogP contribution in [0, 0.1) is 29.6 Å². The molecular formula is C23H28N6O2S. The molecule has 9 heteroatoms. The van der Waals surface area contributed by atoms with E-state index in [2.05, 4.69) is 21.5 Å². The van der Waals surface area contributed by atoms with Crippen molar-refractivity contribution in [2.75, 3.05) is 24.2 Å². The molecule has 32 heavy (non-hydrogen) atoms. The van der Waals surface area contributed by atoms with Crippen molar-refractivity contribution in [2.45, 2.75) is 38.5 Å². The van der Waals surface area contributed by atoms with E-state index in [1.54, 1.807) is 30.3 Å². The number of rotatable bonds is 5. The van der Waals surface area contributed by atoms with Crippen LogP contribution >= 0.6 is 0 Å². The number of nitrogen functional groups attached to an aromatic ring is 1. The summed E-state index contributed by atoms with van der Waals surface area (Å²) in [5, 5.41) is 12.1. The lowest BCUT2D eigenvalue weighted by Crippen LogP contribution is -2.41. The van der Waals surface area contributed by atoms with Gasteiger partial charge in [0.05, 0.1) is 34.0 Å². The molecule has 1 aliphatic rings. The first-order valence-corrected chi connectivity index (χ1v) is 12.1. The molecule has 3 aromatic rings. The molecule has 168 valence electrons. The van der Waals surface area contributed by atoms with Gasteiger partial charge in [0.15, 0.2) is 5.65 Å². The molecule has 3 N–H and O–H groups in total. The number of anilines is 2. The van der Waals surface area contributed by atoms with Crippen LogP contribution in [-0.2, 0) is 10.0 Å². The second kappa shape index (κ2) is 8.11. The number of fused-ring (bicyclic) bond motifs is 1. The SMILES string of the molecule is Cc1ccc(S(=O)(=O)n2ccc3c(NN4CCC(C(C)(C)C#N)CC4)c(N)cnc32)cc1. The van der Waals surface area contributed by atoms with Gasteiger partial charge < -0.3 is 11.2 Å². The highest BCUT2D eigenvalue weighted by Crippen LogP contribution is 2.36. The molecule has 4 rings (SSSR count). The Bertz CT molecular complexity index is 1280. The second-order valence-electron chi connectivity index (χ2n) is 8.96. The van der Waals surface area contributed by atoms with Gasteiger partial charge in [0.1, 0.15) is 0 Å². The maximum Gasteiger partial charge on any atom is 0.269 e. The highest BCUT2D eigenvalue weighted by Gasteiger charge is 2.33. The van der Waals surface area contributed by atoms with Crippen molar-refractivity contribution in [1.29, 1.82) is 5.26 Å². The first kappa shape index (κ1) is 22.1. The lowest BCUT2D eigenvalue weighted by atomic mass is 9.75.